The fourth-order valence-corrected chi connectivity index (χ4v) is 8.95. The van der Waals surface area contributed by atoms with Crippen molar-refractivity contribution < 1.29 is 4.42 Å². The maximum atomic E-state index is 6.57. The summed E-state index contributed by atoms with van der Waals surface area (Å²) in [6.45, 7) is 0. The summed E-state index contributed by atoms with van der Waals surface area (Å²) in [7, 11) is 0. The van der Waals surface area contributed by atoms with Crippen LogP contribution in [0.25, 0.3) is 110 Å². The van der Waals surface area contributed by atoms with E-state index < -0.39 is 0 Å². The molecule has 0 fully saturated rings. The summed E-state index contributed by atoms with van der Waals surface area (Å²) in [5.41, 5.74) is 11.4. The highest BCUT2D eigenvalue weighted by Crippen LogP contribution is 2.44. The second-order valence-corrected chi connectivity index (χ2v) is 15.1. The molecule has 11 rings (SSSR count). The summed E-state index contributed by atoms with van der Waals surface area (Å²) < 4.78 is 9.14. The Labute approximate surface area is 327 Å². The molecule has 4 nitrogen and oxygen atoms in total. The lowest BCUT2D eigenvalue weighted by molar-refractivity contribution is 0.669. The van der Waals surface area contributed by atoms with E-state index in [0.717, 1.165) is 55.3 Å². The first kappa shape index (κ1) is 32.2. The van der Waals surface area contributed by atoms with Crippen molar-refractivity contribution in [2.45, 2.75) is 0 Å². The number of benzene rings is 8. The zero-order chi connectivity index (χ0) is 37.0. The molecule has 5 heteroatoms. The van der Waals surface area contributed by atoms with Crippen molar-refractivity contribution >= 4 is 53.4 Å². The Morgan fingerprint density at radius 1 is 0.321 bits per heavy atom. The van der Waals surface area contributed by atoms with Crippen LogP contribution in [0, 0.1) is 0 Å². The van der Waals surface area contributed by atoms with E-state index in [4.69, 9.17) is 19.4 Å². The molecule has 0 saturated heterocycles. The van der Waals surface area contributed by atoms with Gasteiger partial charge in [0, 0.05) is 47.6 Å². The quantitative estimate of drug-likeness (QED) is 0.171. The van der Waals surface area contributed by atoms with E-state index in [1.54, 1.807) is 0 Å². The zero-order valence-electron chi connectivity index (χ0n) is 30.1. The fourth-order valence-electron chi connectivity index (χ4n) is 7.78. The fraction of sp³-hybridized carbons (Fsp3) is 0. The van der Waals surface area contributed by atoms with Crippen LogP contribution in [0.4, 0.5) is 0 Å². The van der Waals surface area contributed by atoms with Gasteiger partial charge in [-0.2, -0.15) is 0 Å². The van der Waals surface area contributed by atoms with E-state index in [1.165, 1.54) is 36.9 Å². The lowest BCUT2D eigenvalue weighted by Gasteiger charge is -2.10. The summed E-state index contributed by atoms with van der Waals surface area (Å²) in [5, 5.41) is 4.68. The Morgan fingerprint density at radius 3 is 1.66 bits per heavy atom. The molecule has 0 amide bonds. The van der Waals surface area contributed by atoms with Crippen molar-refractivity contribution in [1.82, 2.24) is 15.0 Å². The summed E-state index contributed by atoms with van der Waals surface area (Å²) in [6.07, 6.45) is 0. The van der Waals surface area contributed by atoms with Gasteiger partial charge in [-0.05, 0) is 81.9 Å². The first-order valence-corrected chi connectivity index (χ1v) is 19.5. The number of furan rings is 1. The zero-order valence-corrected chi connectivity index (χ0v) is 30.9. The molecule has 0 aliphatic carbocycles. The van der Waals surface area contributed by atoms with Crippen molar-refractivity contribution in [2.24, 2.45) is 0 Å². The summed E-state index contributed by atoms with van der Waals surface area (Å²) >= 11 is 1.85. The minimum absolute atomic E-state index is 0.589. The van der Waals surface area contributed by atoms with Gasteiger partial charge in [0.05, 0.1) is 0 Å². The smallest absolute Gasteiger partial charge is 0.164 e. The van der Waals surface area contributed by atoms with Gasteiger partial charge in [-0.25, -0.2) is 15.0 Å². The highest BCUT2D eigenvalue weighted by Gasteiger charge is 2.18. The molecule has 0 bridgehead atoms. The maximum absolute atomic E-state index is 6.57. The van der Waals surface area contributed by atoms with Crippen molar-refractivity contribution in [3.05, 3.63) is 188 Å². The number of rotatable bonds is 6. The lowest BCUT2D eigenvalue weighted by Crippen LogP contribution is -2.00. The molecule has 0 N–H and O–H groups in total. The predicted octanol–water partition coefficient (Wildman–Crippen LogP) is 14.1. The van der Waals surface area contributed by atoms with Crippen molar-refractivity contribution in [2.75, 3.05) is 0 Å². The minimum Gasteiger partial charge on any atom is -0.456 e. The van der Waals surface area contributed by atoms with Gasteiger partial charge in [0.2, 0.25) is 0 Å². The predicted molar refractivity (Wildman–Crippen MR) is 233 cm³/mol. The highest BCUT2D eigenvalue weighted by molar-refractivity contribution is 7.26. The van der Waals surface area contributed by atoms with E-state index in [1.807, 2.05) is 47.7 Å². The van der Waals surface area contributed by atoms with Crippen LogP contribution in [0.1, 0.15) is 0 Å². The molecule has 3 aromatic heterocycles. The van der Waals surface area contributed by atoms with Crippen LogP contribution in [0.15, 0.2) is 192 Å². The highest BCUT2D eigenvalue weighted by atomic mass is 32.1. The number of fused-ring (bicyclic) bond motifs is 6. The summed E-state index contributed by atoms with van der Waals surface area (Å²) in [4.78, 5) is 15.1. The molecular formula is C51H31N3OS. The second kappa shape index (κ2) is 13.3. The lowest BCUT2D eigenvalue weighted by atomic mass is 9.94. The number of nitrogens with zero attached hydrogens (tertiary/aromatic N) is 3. The van der Waals surface area contributed by atoms with Crippen LogP contribution < -0.4 is 0 Å². The molecule has 0 spiro atoms. The molecule has 0 aliphatic rings. The van der Waals surface area contributed by atoms with Crippen LogP contribution >= 0.6 is 11.3 Å². The molecule has 8 aromatic carbocycles. The van der Waals surface area contributed by atoms with Crippen LogP contribution in [0.3, 0.4) is 0 Å². The van der Waals surface area contributed by atoms with E-state index in [-0.39, 0.29) is 0 Å². The molecule has 0 saturated carbocycles. The van der Waals surface area contributed by atoms with Gasteiger partial charge in [-0.1, -0.05) is 140 Å². The third-order valence-electron chi connectivity index (χ3n) is 10.5. The normalized spacial score (nSPS) is 11.6. The Morgan fingerprint density at radius 2 is 0.911 bits per heavy atom. The van der Waals surface area contributed by atoms with E-state index in [0.29, 0.717) is 17.5 Å². The van der Waals surface area contributed by atoms with Gasteiger partial charge in [0.25, 0.3) is 0 Å². The average Bonchev–Trinajstić information content (AvgIpc) is 3.84. The molecule has 0 unspecified atom stereocenters. The molecule has 0 aliphatic heterocycles. The third-order valence-corrected chi connectivity index (χ3v) is 11.6. The minimum atomic E-state index is 0.589. The Hall–Kier alpha value is -7.21. The van der Waals surface area contributed by atoms with Crippen molar-refractivity contribution in [3.8, 4) is 67.5 Å². The van der Waals surface area contributed by atoms with Gasteiger partial charge in [0.15, 0.2) is 17.5 Å². The molecule has 3 heterocycles. The van der Waals surface area contributed by atoms with E-state index in [9.17, 15) is 0 Å². The van der Waals surface area contributed by atoms with Crippen LogP contribution in [-0.2, 0) is 0 Å². The van der Waals surface area contributed by atoms with E-state index >= 15 is 0 Å². The van der Waals surface area contributed by atoms with Gasteiger partial charge in [-0.3, -0.25) is 0 Å². The van der Waals surface area contributed by atoms with Crippen molar-refractivity contribution in [3.63, 3.8) is 0 Å². The first-order valence-electron chi connectivity index (χ1n) is 18.7. The number of thiophene rings is 1. The first-order chi connectivity index (χ1) is 27.7. The maximum Gasteiger partial charge on any atom is 0.164 e. The molecule has 11 aromatic rings. The van der Waals surface area contributed by atoms with Gasteiger partial charge in [-0.15, -0.1) is 11.3 Å². The Kier molecular flexibility index (Phi) is 7.64. The average molecular weight is 734 g/mol. The SMILES string of the molecule is c1ccc(-c2cccc(-c3nc(-c4ccccc4)nc(-c4ccc5c(c4)oc4ccc(-c6cc(-c7ccccc7)cc7sc8ccccc8c67)cc45)n3)c2)cc1. The van der Waals surface area contributed by atoms with Crippen molar-refractivity contribution in [1.29, 1.82) is 0 Å². The van der Waals surface area contributed by atoms with Gasteiger partial charge in [0.1, 0.15) is 11.2 Å². The number of hydrogen-bond acceptors (Lipinski definition) is 5. The number of aromatic nitrogens is 3. The standard InChI is InChI=1S/C51H31N3OS/c1-4-13-32(14-5-1)35-19-12-20-37(27-35)50-52-49(34-17-8-3-9-18-34)53-51(54-50)38-23-25-40-43-28-36(24-26-44(43)55-45(40)30-38)42-29-39(33-15-6-2-7-16-33)31-47-48(42)41-21-10-11-22-46(41)56-47/h1-31H. The molecular weight excluding hydrogens is 703 g/mol. The summed E-state index contributed by atoms with van der Waals surface area (Å²) in [6, 6.07) is 65.7. The monoisotopic (exact) mass is 733 g/mol. The third kappa shape index (κ3) is 5.65. The van der Waals surface area contributed by atoms with Crippen LogP contribution in [-0.4, -0.2) is 15.0 Å². The Balaban J connectivity index is 1.04. The largest absolute Gasteiger partial charge is 0.456 e. The van der Waals surface area contributed by atoms with E-state index in [2.05, 4.69) is 152 Å². The van der Waals surface area contributed by atoms with Gasteiger partial charge < -0.3 is 4.42 Å². The van der Waals surface area contributed by atoms with Crippen LogP contribution in [0.5, 0.6) is 0 Å². The van der Waals surface area contributed by atoms with Gasteiger partial charge >= 0.3 is 0 Å². The molecule has 0 atom stereocenters. The second-order valence-electron chi connectivity index (χ2n) is 14.0. The van der Waals surface area contributed by atoms with Crippen LogP contribution in [0.2, 0.25) is 0 Å². The number of hydrogen-bond donors (Lipinski definition) is 0. The summed E-state index contributed by atoms with van der Waals surface area (Å²) in [5.74, 6) is 1.83. The Bertz CT molecular complexity index is 3240. The molecule has 56 heavy (non-hydrogen) atoms. The molecule has 262 valence electrons. The topological polar surface area (TPSA) is 51.8 Å². The molecule has 0 radical (unpaired) electrons.